The molecule has 0 spiro atoms. The van der Waals surface area contributed by atoms with Gasteiger partial charge in [0.2, 0.25) is 0 Å². The van der Waals surface area contributed by atoms with Crippen molar-refractivity contribution < 1.29 is 18.0 Å². The number of alkyl halides is 3. The van der Waals surface area contributed by atoms with Crippen LogP contribution in [0.15, 0.2) is 54.7 Å². The molecule has 9 heteroatoms. The number of nitrogen functional groups attached to an aromatic ring is 1. The van der Waals surface area contributed by atoms with Crippen molar-refractivity contribution in [3.8, 4) is 11.8 Å². The maximum Gasteiger partial charge on any atom is 0.416 e. The molecule has 1 aliphatic heterocycles. The second kappa shape index (κ2) is 11.0. The predicted octanol–water partition coefficient (Wildman–Crippen LogP) is 4.39. The van der Waals surface area contributed by atoms with Gasteiger partial charge in [-0.15, -0.1) is 0 Å². The van der Waals surface area contributed by atoms with Crippen molar-refractivity contribution in [3.63, 3.8) is 0 Å². The summed E-state index contributed by atoms with van der Waals surface area (Å²) in [6.07, 6.45) is -2.97. The SMILES string of the molecule is Cc1ccc(C(=O)Nc2ccc(CN3CCN(C)CC3)c(C(F)(F)F)c2)cc1C#Cc1cccnc1N. The van der Waals surface area contributed by atoms with Gasteiger partial charge in [0, 0.05) is 55.7 Å². The van der Waals surface area contributed by atoms with Crippen LogP contribution in [0, 0.1) is 18.8 Å². The van der Waals surface area contributed by atoms with Gasteiger partial charge < -0.3 is 16.0 Å². The highest BCUT2D eigenvalue weighted by atomic mass is 19.4. The fraction of sp³-hybridized carbons (Fsp3) is 0.286. The van der Waals surface area contributed by atoms with E-state index in [0.717, 1.165) is 24.7 Å². The third-order valence-electron chi connectivity index (χ3n) is 6.33. The Labute approximate surface area is 214 Å². The standard InChI is InChI=1S/C28H28F3N5O/c1-19-5-6-22(16-21(19)8-7-20-4-3-11-33-26(20)32)27(37)34-24-10-9-23(25(17-24)28(29,30)31)18-36-14-12-35(2)13-15-36/h3-6,9-11,16-17H,12-15,18H2,1-2H3,(H2,32,33)(H,34,37). The van der Waals surface area contributed by atoms with Crippen molar-refractivity contribution in [2.24, 2.45) is 0 Å². The number of aryl methyl sites for hydroxylation is 1. The summed E-state index contributed by atoms with van der Waals surface area (Å²) < 4.78 is 41.7. The lowest BCUT2D eigenvalue weighted by molar-refractivity contribution is -0.138. The molecule has 2 heterocycles. The van der Waals surface area contributed by atoms with Gasteiger partial charge in [-0.05, 0) is 61.5 Å². The average Bonchev–Trinajstić information content (AvgIpc) is 2.86. The van der Waals surface area contributed by atoms with E-state index < -0.39 is 17.6 Å². The van der Waals surface area contributed by atoms with Crippen molar-refractivity contribution in [1.82, 2.24) is 14.8 Å². The maximum absolute atomic E-state index is 13.9. The van der Waals surface area contributed by atoms with Crippen molar-refractivity contribution in [1.29, 1.82) is 0 Å². The third kappa shape index (κ3) is 6.67. The van der Waals surface area contributed by atoms with Crippen molar-refractivity contribution in [2.45, 2.75) is 19.6 Å². The number of likely N-dealkylation sites (N-methyl/N-ethyl adjacent to an activating group) is 1. The second-order valence-corrected chi connectivity index (χ2v) is 9.12. The van der Waals surface area contributed by atoms with Gasteiger partial charge in [0.25, 0.3) is 5.91 Å². The largest absolute Gasteiger partial charge is 0.416 e. The molecule has 2 aromatic carbocycles. The van der Waals surface area contributed by atoms with Gasteiger partial charge in [-0.3, -0.25) is 9.69 Å². The molecule has 1 aliphatic rings. The molecule has 3 aromatic rings. The van der Waals surface area contributed by atoms with E-state index in [1.807, 2.05) is 18.9 Å². The van der Waals surface area contributed by atoms with Crippen LogP contribution in [0.2, 0.25) is 0 Å². The highest BCUT2D eigenvalue weighted by Gasteiger charge is 2.34. The van der Waals surface area contributed by atoms with Crippen LogP contribution < -0.4 is 11.1 Å². The van der Waals surface area contributed by atoms with E-state index in [-0.39, 0.29) is 23.4 Å². The van der Waals surface area contributed by atoms with E-state index in [1.54, 1.807) is 36.5 Å². The molecule has 0 radical (unpaired) electrons. The van der Waals surface area contributed by atoms with Crippen LogP contribution in [-0.4, -0.2) is 53.9 Å². The predicted molar refractivity (Wildman–Crippen MR) is 138 cm³/mol. The number of carbonyl (C=O) groups excluding carboxylic acids is 1. The Kier molecular flexibility index (Phi) is 7.81. The molecule has 37 heavy (non-hydrogen) atoms. The molecule has 1 aromatic heterocycles. The van der Waals surface area contributed by atoms with Crippen molar-refractivity contribution in [2.75, 3.05) is 44.3 Å². The van der Waals surface area contributed by atoms with E-state index in [0.29, 0.717) is 30.0 Å². The summed E-state index contributed by atoms with van der Waals surface area (Å²) in [5.74, 6) is 5.73. The minimum absolute atomic E-state index is 0.0794. The molecule has 4 rings (SSSR count). The molecule has 0 aliphatic carbocycles. The first kappa shape index (κ1) is 26.2. The Balaban J connectivity index is 1.53. The van der Waals surface area contributed by atoms with Crippen LogP contribution >= 0.6 is 0 Å². The van der Waals surface area contributed by atoms with Crippen LogP contribution in [0.5, 0.6) is 0 Å². The quantitative estimate of drug-likeness (QED) is 0.513. The van der Waals surface area contributed by atoms with E-state index >= 15 is 0 Å². The lowest BCUT2D eigenvalue weighted by Crippen LogP contribution is -2.44. The number of hydrogen-bond acceptors (Lipinski definition) is 5. The first-order chi connectivity index (χ1) is 17.6. The summed E-state index contributed by atoms with van der Waals surface area (Å²) in [5.41, 5.74) is 7.66. The number of nitrogens with two attached hydrogens (primary N) is 1. The normalized spacial score (nSPS) is 14.6. The Bertz CT molecular complexity index is 1350. The van der Waals surface area contributed by atoms with E-state index in [1.165, 1.54) is 12.1 Å². The second-order valence-electron chi connectivity index (χ2n) is 9.12. The number of benzene rings is 2. The number of anilines is 2. The number of nitrogens with zero attached hydrogens (tertiary/aromatic N) is 3. The molecule has 192 valence electrons. The number of halogens is 3. The number of aromatic nitrogens is 1. The Morgan fingerprint density at radius 3 is 2.49 bits per heavy atom. The Morgan fingerprint density at radius 2 is 1.78 bits per heavy atom. The van der Waals surface area contributed by atoms with Gasteiger partial charge >= 0.3 is 6.18 Å². The highest BCUT2D eigenvalue weighted by Crippen LogP contribution is 2.34. The summed E-state index contributed by atoms with van der Waals surface area (Å²) >= 11 is 0. The molecular weight excluding hydrogens is 479 g/mol. The Morgan fingerprint density at radius 1 is 1.05 bits per heavy atom. The number of hydrogen-bond donors (Lipinski definition) is 2. The van der Waals surface area contributed by atoms with Gasteiger partial charge in [0.05, 0.1) is 11.1 Å². The number of pyridine rings is 1. The van der Waals surface area contributed by atoms with Gasteiger partial charge in [-0.1, -0.05) is 24.0 Å². The maximum atomic E-state index is 13.9. The van der Waals surface area contributed by atoms with Crippen LogP contribution in [0.1, 0.15) is 38.2 Å². The van der Waals surface area contributed by atoms with Crippen molar-refractivity contribution in [3.05, 3.63) is 88.1 Å². The molecule has 1 fully saturated rings. The lowest BCUT2D eigenvalue weighted by atomic mass is 10.0. The molecule has 0 unspecified atom stereocenters. The summed E-state index contributed by atoms with van der Waals surface area (Å²) in [6.45, 7) is 5.10. The fourth-order valence-corrected chi connectivity index (χ4v) is 4.06. The van der Waals surface area contributed by atoms with Gasteiger partial charge in [-0.2, -0.15) is 13.2 Å². The lowest BCUT2D eigenvalue weighted by Gasteiger charge is -2.33. The molecule has 1 saturated heterocycles. The zero-order chi connectivity index (χ0) is 26.6. The number of carbonyl (C=O) groups is 1. The molecule has 6 nitrogen and oxygen atoms in total. The summed E-state index contributed by atoms with van der Waals surface area (Å²) in [6, 6.07) is 12.4. The average molecular weight is 508 g/mol. The molecule has 0 atom stereocenters. The van der Waals surface area contributed by atoms with Crippen LogP contribution in [-0.2, 0) is 12.7 Å². The van der Waals surface area contributed by atoms with Crippen LogP contribution in [0.3, 0.4) is 0 Å². The summed E-state index contributed by atoms with van der Waals surface area (Å²) in [7, 11) is 2.00. The summed E-state index contributed by atoms with van der Waals surface area (Å²) in [5, 5.41) is 2.60. The zero-order valence-electron chi connectivity index (χ0n) is 20.7. The fourth-order valence-electron chi connectivity index (χ4n) is 4.06. The minimum atomic E-state index is -4.54. The van der Waals surface area contributed by atoms with Gasteiger partial charge in [0.1, 0.15) is 5.82 Å². The number of rotatable bonds is 4. The first-order valence-electron chi connectivity index (χ1n) is 11.9. The van der Waals surface area contributed by atoms with Crippen LogP contribution in [0.4, 0.5) is 24.7 Å². The highest BCUT2D eigenvalue weighted by molar-refractivity contribution is 6.04. The van der Waals surface area contributed by atoms with E-state index in [4.69, 9.17) is 5.73 Å². The van der Waals surface area contributed by atoms with Gasteiger partial charge in [0.15, 0.2) is 0 Å². The van der Waals surface area contributed by atoms with Crippen molar-refractivity contribution >= 4 is 17.4 Å². The van der Waals surface area contributed by atoms with E-state index in [2.05, 4.69) is 27.0 Å². The third-order valence-corrected chi connectivity index (χ3v) is 6.33. The monoisotopic (exact) mass is 507 g/mol. The number of amides is 1. The molecule has 0 bridgehead atoms. The summed E-state index contributed by atoms with van der Waals surface area (Å²) in [4.78, 5) is 21.1. The number of piperazine rings is 1. The zero-order valence-corrected chi connectivity index (χ0v) is 20.7. The minimum Gasteiger partial charge on any atom is -0.383 e. The first-order valence-corrected chi connectivity index (χ1v) is 11.9. The number of nitrogens with one attached hydrogen (secondary N) is 1. The molecule has 3 N–H and O–H groups in total. The van der Waals surface area contributed by atoms with Gasteiger partial charge in [-0.25, -0.2) is 4.98 Å². The smallest absolute Gasteiger partial charge is 0.383 e. The topological polar surface area (TPSA) is 74.5 Å². The molecule has 0 saturated carbocycles. The van der Waals surface area contributed by atoms with E-state index in [9.17, 15) is 18.0 Å². The Hall–Kier alpha value is -3.87. The molecule has 1 amide bonds. The van der Waals surface area contributed by atoms with Crippen LogP contribution in [0.25, 0.3) is 0 Å². The molecular formula is C28H28F3N5O.